The second kappa shape index (κ2) is 11.6. The average molecular weight is 449 g/mol. The van der Waals surface area contributed by atoms with Gasteiger partial charge in [0.05, 0.1) is 32.2 Å². The van der Waals surface area contributed by atoms with Crippen molar-refractivity contribution in [2.24, 2.45) is 0 Å². The zero-order chi connectivity index (χ0) is 23.6. The topological polar surface area (TPSA) is 85.9 Å². The second-order valence-corrected chi connectivity index (χ2v) is 7.39. The van der Waals surface area contributed by atoms with Crippen LogP contribution in [-0.4, -0.2) is 32.6 Å². The van der Waals surface area contributed by atoms with E-state index in [1.165, 1.54) is 14.2 Å². The maximum Gasteiger partial charge on any atom is 0.255 e. The molecule has 172 valence electrons. The molecule has 0 saturated carbocycles. The third-order valence-corrected chi connectivity index (χ3v) is 4.89. The number of carbonyl (C=O) groups is 2. The maximum absolute atomic E-state index is 12.5. The summed E-state index contributed by atoms with van der Waals surface area (Å²) in [6.07, 6.45) is 0.841. The Kier molecular flexibility index (Phi) is 8.30. The summed E-state index contributed by atoms with van der Waals surface area (Å²) in [5.41, 5.74) is 2.53. The molecule has 0 aliphatic heterocycles. The number of aryl methyl sites for hydroxylation is 1. The summed E-state index contributed by atoms with van der Waals surface area (Å²) in [7, 11) is 2.99. The van der Waals surface area contributed by atoms with Crippen LogP contribution in [0, 0.1) is 6.92 Å². The van der Waals surface area contributed by atoms with Crippen LogP contribution < -0.4 is 24.8 Å². The number of ether oxygens (including phenoxy) is 3. The van der Waals surface area contributed by atoms with Crippen molar-refractivity contribution in [3.05, 3.63) is 77.9 Å². The van der Waals surface area contributed by atoms with Crippen molar-refractivity contribution in [2.75, 3.05) is 31.5 Å². The van der Waals surface area contributed by atoms with Crippen LogP contribution in [0.5, 0.6) is 17.2 Å². The molecule has 0 radical (unpaired) electrons. The molecule has 0 bridgehead atoms. The molecule has 3 aromatic carbocycles. The summed E-state index contributed by atoms with van der Waals surface area (Å²) in [6, 6.07) is 19.9. The number of hydrogen-bond donors (Lipinski definition) is 2. The minimum absolute atomic E-state index is 0.177. The first-order valence-electron chi connectivity index (χ1n) is 10.6. The average Bonchev–Trinajstić information content (AvgIpc) is 2.83. The fourth-order valence-electron chi connectivity index (χ4n) is 3.22. The predicted octanol–water partition coefficient (Wildman–Crippen LogP) is 5.06. The van der Waals surface area contributed by atoms with Gasteiger partial charge in [0.25, 0.3) is 5.91 Å². The molecule has 0 atom stereocenters. The third-order valence-electron chi connectivity index (χ3n) is 4.89. The molecule has 0 saturated heterocycles. The summed E-state index contributed by atoms with van der Waals surface area (Å²) >= 11 is 0. The van der Waals surface area contributed by atoms with E-state index < -0.39 is 0 Å². The number of rotatable bonds is 10. The van der Waals surface area contributed by atoms with Gasteiger partial charge < -0.3 is 24.8 Å². The van der Waals surface area contributed by atoms with E-state index in [2.05, 4.69) is 10.6 Å². The summed E-state index contributed by atoms with van der Waals surface area (Å²) in [5.74, 6) is 1.14. The van der Waals surface area contributed by atoms with Crippen molar-refractivity contribution >= 4 is 23.2 Å². The fourth-order valence-corrected chi connectivity index (χ4v) is 3.22. The molecule has 0 spiro atoms. The number of anilines is 2. The Morgan fingerprint density at radius 1 is 0.818 bits per heavy atom. The summed E-state index contributed by atoms with van der Waals surface area (Å²) in [4.78, 5) is 25.0. The number of methoxy groups -OCH3 is 2. The van der Waals surface area contributed by atoms with Gasteiger partial charge in [0, 0.05) is 24.1 Å². The second-order valence-electron chi connectivity index (χ2n) is 7.39. The Morgan fingerprint density at radius 2 is 1.48 bits per heavy atom. The summed E-state index contributed by atoms with van der Waals surface area (Å²) in [6.45, 7) is 2.43. The zero-order valence-corrected chi connectivity index (χ0v) is 19.0. The molecular weight excluding hydrogens is 420 g/mol. The first kappa shape index (κ1) is 23.7. The van der Waals surface area contributed by atoms with Crippen molar-refractivity contribution < 1.29 is 23.8 Å². The van der Waals surface area contributed by atoms with Crippen LogP contribution in [0.4, 0.5) is 11.4 Å². The minimum Gasteiger partial charge on any atom is -0.494 e. The molecule has 7 nitrogen and oxygen atoms in total. The molecule has 2 N–H and O–H groups in total. The molecule has 2 amide bonds. The number of hydrogen-bond acceptors (Lipinski definition) is 5. The van der Waals surface area contributed by atoms with Crippen LogP contribution in [0.25, 0.3) is 0 Å². The van der Waals surface area contributed by atoms with Crippen molar-refractivity contribution in [2.45, 2.75) is 19.8 Å². The van der Waals surface area contributed by atoms with Crippen LogP contribution in [-0.2, 0) is 4.79 Å². The Bertz CT molecular complexity index is 1100. The normalized spacial score (nSPS) is 10.3. The smallest absolute Gasteiger partial charge is 0.255 e. The molecule has 3 rings (SSSR count). The maximum atomic E-state index is 12.5. The number of nitrogens with one attached hydrogen (secondary N) is 2. The van der Waals surface area contributed by atoms with Crippen molar-refractivity contribution in [3.63, 3.8) is 0 Å². The van der Waals surface area contributed by atoms with Gasteiger partial charge in [-0.15, -0.1) is 0 Å². The Balaban J connectivity index is 1.61. The van der Waals surface area contributed by atoms with Gasteiger partial charge >= 0.3 is 0 Å². The Hall–Kier alpha value is -4.00. The first-order valence-corrected chi connectivity index (χ1v) is 10.6. The zero-order valence-electron chi connectivity index (χ0n) is 19.0. The quantitative estimate of drug-likeness (QED) is 0.423. The number of benzene rings is 3. The van der Waals surface area contributed by atoms with Gasteiger partial charge in [0.1, 0.15) is 17.2 Å². The van der Waals surface area contributed by atoms with Gasteiger partial charge in [-0.2, -0.15) is 0 Å². The lowest BCUT2D eigenvalue weighted by Crippen LogP contribution is -2.15. The highest BCUT2D eigenvalue weighted by Crippen LogP contribution is 2.36. The molecule has 7 heteroatoms. The Labute approximate surface area is 193 Å². The molecule has 0 aromatic heterocycles. The lowest BCUT2D eigenvalue weighted by atomic mass is 10.2. The Morgan fingerprint density at radius 3 is 2.12 bits per heavy atom. The van der Waals surface area contributed by atoms with E-state index >= 15 is 0 Å². The van der Waals surface area contributed by atoms with Gasteiger partial charge in [-0.25, -0.2) is 0 Å². The summed E-state index contributed by atoms with van der Waals surface area (Å²) < 4.78 is 16.5. The molecule has 0 heterocycles. The highest BCUT2D eigenvalue weighted by atomic mass is 16.5. The van der Waals surface area contributed by atoms with Crippen LogP contribution in [0.1, 0.15) is 28.8 Å². The molecule has 3 aromatic rings. The van der Waals surface area contributed by atoms with Crippen LogP contribution in [0.2, 0.25) is 0 Å². The molecule has 0 aliphatic carbocycles. The molecule has 0 unspecified atom stereocenters. The number of amides is 2. The van der Waals surface area contributed by atoms with E-state index in [9.17, 15) is 9.59 Å². The van der Waals surface area contributed by atoms with E-state index in [-0.39, 0.29) is 18.2 Å². The monoisotopic (exact) mass is 448 g/mol. The van der Waals surface area contributed by atoms with Gasteiger partial charge in [0.15, 0.2) is 0 Å². The van der Waals surface area contributed by atoms with E-state index in [1.807, 2.05) is 37.3 Å². The van der Waals surface area contributed by atoms with Gasteiger partial charge in [-0.05, 0) is 43.2 Å². The fraction of sp³-hybridized carbons (Fsp3) is 0.231. The third kappa shape index (κ3) is 6.74. The van der Waals surface area contributed by atoms with Crippen molar-refractivity contribution in [1.82, 2.24) is 0 Å². The molecular formula is C26H28N2O5. The van der Waals surface area contributed by atoms with Gasteiger partial charge in [0.2, 0.25) is 5.91 Å². The highest BCUT2D eigenvalue weighted by molar-refractivity contribution is 6.05. The molecule has 0 fully saturated rings. The molecule has 0 aliphatic rings. The van der Waals surface area contributed by atoms with Crippen molar-refractivity contribution in [1.29, 1.82) is 0 Å². The van der Waals surface area contributed by atoms with Crippen molar-refractivity contribution in [3.8, 4) is 17.2 Å². The van der Waals surface area contributed by atoms with E-state index in [0.29, 0.717) is 41.5 Å². The van der Waals surface area contributed by atoms with Gasteiger partial charge in [-0.1, -0.05) is 30.3 Å². The SMILES string of the molecule is COc1cc(NC(=O)c2ccccc2)c(OC)cc1NC(=O)CCCOc1cccc(C)c1. The van der Waals surface area contributed by atoms with Crippen LogP contribution in [0.3, 0.4) is 0 Å². The standard InChI is InChI=1S/C26H28N2O5/c1-18-9-7-12-20(15-18)33-14-8-13-25(29)27-21-16-24(32-3)22(17-23(21)31-2)28-26(30)19-10-5-4-6-11-19/h4-7,9-12,15-17H,8,13-14H2,1-3H3,(H,27,29)(H,28,30). The van der Waals surface area contributed by atoms with E-state index in [0.717, 1.165) is 11.3 Å². The van der Waals surface area contributed by atoms with Gasteiger partial charge in [-0.3, -0.25) is 9.59 Å². The van der Waals surface area contributed by atoms with Crippen LogP contribution >= 0.6 is 0 Å². The van der Waals surface area contributed by atoms with Crippen LogP contribution in [0.15, 0.2) is 66.7 Å². The minimum atomic E-state index is -0.277. The lowest BCUT2D eigenvalue weighted by molar-refractivity contribution is -0.116. The number of carbonyl (C=O) groups excluding carboxylic acids is 2. The van der Waals surface area contributed by atoms with E-state index in [1.54, 1.807) is 36.4 Å². The van der Waals surface area contributed by atoms with E-state index in [4.69, 9.17) is 14.2 Å². The summed E-state index contributed by atoms with van der Waals surface area (Å²) in [5, 5.41) is 5.67. The first-order chi connectivity index (χ1) is 16.0. The lowest BCUT2D eigenvalue weighted by Gasteiger charge is -2.16. The predicted molar refractivity (Wildman–Crippen MR) is 128 cm³/mol. The highest BCUT2D eigenvalue weighted by Gasteiger charge is 2.16. The molecule has 33 heavy (non-hydrogen) atoms. The largest absolute Gasteiger partial charge is 0.494 e.